The van der Waals surface area contributed by atoms with E-state index in [9.17, 15) is 12.8 Å². The van der Waals surface area contributed by atoms with Gasteiger partial charge in [-0.1, -0.05) is 37.6 Å². The van der Waals surface area contributed by atoms with Crippen molar-refractivity contribution in [2.45, 2.75) is 31.1 Å². The molecule has 2 aromatic rings. The third-order valence-electron chi connectivity index (χ3n) is 4.81. The third-order valence-corrected chi connectivity index (χ3v) is 6.72. The number of halogens is 1. The van der Waals surface area contributed by atoms with Crippen molar-refractivity contribution in [3.8, 4) is 0 Å². The van der Waals surface area contributed by atoms with Crippen LogP contribution in [-0.4, -0.2) is 38.9 Å². The van der Waals surface area contributed by atoms with Gasteiger partial charge < -0.3 is 4.90 Å². The first kappa shape index (κ1) is 18.9. The average Bonchev–Trinajstić information content (AvgIpc) is 2.67. The van der Waals surface area contributed by atoms with E-state index in [1.165, 1.54) is 10.4 Å². The molecule has 26 heavy (non-hydrogen) atoms. The second-order valence-electron chi connectivity index (χ2n) is 6.59. The van der Waals surface area contributed by atoms with Crippen molar-refractivity contribution >= 4 is 15.7 Å². The summed E-state index contributed by atoms with van der Waals surface area (Å²) in [5, 5.41) is 0. The highest BCUT2D eigenvalue weighted by Crippen LogP contribution is 2.23. The van der Waals surface area contributed by atoms with E-state index in [1.54, 1.807) is 30.3 Å². The normalized spacial score (nSPS) is 16.0. The molecule has 0 aliphatic carbocycles. The standard InChI is InChI=1S/C20H25FN2O2S/c1-2-3-6-17-9-11-18(12-10-17)26(24,25)23-15-13-22(14-16-23)20-8-5-4-7-19(20)21/h4-5,7-12H,2-3,6,13-16H2,1H3. The van der Waals surface area contributed by atoms with E-state index in [0.29, 0.717) is 36.8 Å². The second kappa shape index (κ2) is 8.18. The summed E-state index contributed by atoms with van der Waals surface area (Å²) < 4.78 is 41.1. The molecule has 1 heterocycles. The largest absolute Gasteiger partial charge is 0.367 e. The van der Waals surface area contributed by atoms with Crippen LogP contribution in [0.15, 0.2) is 53.4 Å². The topological polar surface area (TPSA) is 40.6 Å². The van der Waals surface area contributed by atoms with Gasteiger partial charge in [0.1, 0.15) is 5.82 Å². The summed E-state index contributed by atoms with van der Waals surface area (Å²) in [5.74, 6) is -0.272. The van der Waals surface area contributed by atoms with Gasteiger partial charge in [0.2, 0.25) is 10.0 Å². The number of unbranched alkanes of at least 4 members (excludes halogenated alkanes) is 1. The number of hydrogen-bond acceptors (Lipinski definition) is 3. The van der Waals surface area contributed by atoms with Gasteiger partial charge in [0, 0.05) is 26.2 Å². The van der Waals surface area contributed by atoms with Crippen molar-refractivity contribution < 1.29 is 12.8 Å². The third kappa shape index (κ3) is 4.07. The fraction of sp³-hybridized carbons (Fsp3) is 0.400. The Kier molecular flexibility index (Phi) is 5.94. The number of para-hydroxylation sites is 1. The molecule has 0 radical (unpaired) electrons. The molecule has 0 N–H and O–H groups in total. The summed E-state index contributed by atoms with van der Waals surface area (Å²) in [6.45, 7) is 3.81. The van der Waals surface area contributed by atoms with Gasteiger partial charge in [0.05, 0.1) is 10.6 Å². The lowest BCUT2D eigenvalue weighted by molar-refractivity contribution is 0.383. The van der Waals surface area contributed by atoms with Crippen LogP contribution in [0.5, 0.6) is 0 Å². The van der Waals surface area contributed by atoms with Crippen molar-refractivity contribution in [1.82, 2.24) is 4.31 Å². The Hall–Kier alpha value is -1.92. The average molecular weight is 376 g/mol. The van der Waals surface area contributed by atoms with E-state index in [-0.39, 0.29) is 5.82 Å². The number of aryl methyl sites for hydroxylation is 1. The first-order valence-electron chi connectivity index (χ1n) is 9.11. The second-order valence-corrected chi connectivity index (χ2v) is 8.53. The lowest BCUT2D eigenvalue weighted by Gasteiger charge is -2.35. The van der Waals surface area contributed by atoms with E-state index in [4.69, 9.17) is 0 Å². The van der Waals surface area contributed by atoms with Crippen LogP contribution < -0.4 is 4.90 Å². The number of anilines is 1. The maximum Gasteiger partial charge on any atom is 0.243 e. The zero-order valence-corrected chi connectivity index (χ0v) is 15.9. The number of piperazine rings is 1. The Morgan fingerprint density at radius 2 is 1.62 bits per heavy atom. The fourth-order valence-electron chi connectivity index (χ4n) is 3.24. The number of rotatable bonds is 6. The highest BCUT2D eigenvalue weighted by atomic mass is 32.2. The molecule has 0 spiro atoms. The lowest BCUT2D eigenvalue weighted by Crippen LogP contribution is -2.48. The molecule has 0 aromatic heterocycles. The summed E-state index contributed by atoms with van der Waals surface area (Å²) in [4.78, 5) is 2.23. The highest BCUT2D eigenvalue weighted by molar-refractivity contribution is 7.89. The van der Waals surface area contributed by atoms with E-state index in [0.717, 1.165) is 24.8 Å². The zero-order chi connectivity index (χ0) is 18.6. The monoisotopic (exact) mass is 376 g/mol. The SMILES string of the molecule is CCCCc1ccc(S(=O)(=O)N2CCN(c3ccccc3F)CC2)cc1. The molecule has 1 fully saturated rings. The van der Waals surface area contributed by atoms with Gasteiger partial charge >= 0.3 is 0 Å². The maximum absolute atomic E-state index is 13.9. The first-order chi connectivity index (χ1) is 12.5. The Labute approximate surface area is 155 Å². The molecule has 140 valence electrons. The molecular weight excluding hydrogens is 351 g/mol. The van der Waals surface area contributed by atoms with Gasteiger partial charge in [-0.3, -0.25) is 0 Å². The first-order valence-corrected chi connectivity index (χ1v) is 10.5. The van der Waals surface area contributed by atoms with Crippen LogP contribution in [0, 0.1) is 5.82 Å². The molecule has 0 unspecified atom stereocenters. The summed E-state index contributed by atoms with van der Waals surface area (Å²) in [6, 6.07) is 13.8. The summed E-state index contributed by atoms with van der Waals surface area (Å²) >= 11 is 0. The quantitative estimate of drug-likeness (QED) is 0.772. The summed E-state index contributed by atoms with van der Waals surface area (Å²) in [6.07, 6.45) is 3.19. The molecule has 0 saturated carbocycles. The van der Waals surface area contributed by atoms with E-state index >= 15 is 0 Å². The Morgan fingerprint density at radius 1 is 0.962 bits per heavy atom. The molecule has 4 nitrogen and oxygen atoms in total. The minimum absolute atomic E-state index is 0.272. The minimum Gasteiger partial charge on any atom is -0.367 e. The van der Waals surface area contributed by atoms with E-state index in [2.05, 4.69) is 6.92 Å². The zero-order valence-electron chi connectivity index (χ0n) is 15.1. The maximum atomic E-state index is 13.9. The van der Waals surface area contributed by atoms with Gasteiger partial charge in [-0.05, 0) is 42.7 Å². The number of nitrogens with zero attached hydrogens (tertiary/aromatic N) is 2. The molecule has 6 heteroatoms. The van der Waals surface area contributed by atoms with Crippen LogP contribution in [-0.2, 0) is 16.4 Å². The molecule has 0 atom stereocenters. The predicted molar refractivity (Wildman–Crippen MR) is 102 cm³/mol. The van der Waals surface area contributed by atoms with Gasteiger partial charge in [0.15, 0.2) is 0 Å². The highest BCUT2D eigenvalue weighted by Gasteiger charge is 2.29. The van der Waals surface area contributed by atoms with Crippen molar-refractivity contribution in [2.24, 2.45) is 0 Å². The Morgan fingerprint density at radius 3 is 2.23 bits per heavy atom. The summed E-state index contributed by atoms with van der Waals surface area (Å²) in [7, 11) is -3.50. The van der Waals surface area contributed by atoms with Gasteiger partial charge in [-0.15, -0.1) is 0 Å². The van der Waals surface area contributed by atoms with Crippen LogP contribution in [0.2, 0.25) is 0 Å². The Bertz CT molecular complexity index is 829. The molecule has 0 amide bonds. The van der Waals surface area contributed by atoms with Crippen molar-refractivity contribution in [3.05, 3.63) is 59.9 Å². The fourth-order valence-corrected chi connectivity index (χ4v) is 4.66. The van der Waals surface area contributed by atoms with Crippen LogP contribution >= 0.6 is 0 Å². The number of sulfonamides is 1. The van der Waals surface area contributed by atoms with Crippen LogP contribution in [0.4, 0.5) is 10.1 Å². The van der Waals surface area contributed by atoms with Crippen LogP contribution in [0.3, 0.4) is 0 Å². The van der Waals surface area contributed by atoms with Crippen LogP contribution in [0.25, 0.3) is 0 Å². The lowest BCUT2D eigenvalue weighted by atomic mass is 10.1. The van der Waals surface area contributed by atoms with E-state index < -0.39 is 10.0 Å². The molecule has 1 aliphatic heterocycles. The molecule has 0 bridgehead atoms. The summed E-state index contributed by atoms with van der Waals surface area (Å²) in [5.41, 5.74) is 1.69. The van der Waals surface area contributed by atoms with Gasteiger partial charge in [-0.25, -0.2) is 12.8 Å². The van der Waals surface area contributed by atoms with Gasteiger partial charge in [-0.2, -0.15) is 4.31 Å². The van der Waals surface area contributed by atoms with Crippen LogP contribution in [0.1, 0.15) is 25.3 Å². The molecule has 1 saturated heterocycles. The molecule has 3 rings (SSSR count). The molecule has 1 aliphatic rings. The van der Waals surface area contributed by atoms with Crippen molar-refractivity contribution in [3.63, 3.8) is 0 Å². The smallest absolute Gasteiger partial charge is 0.243 e. The van der Waals surface area contributed by atoms with E-state index in [1.807, 2.05) is 17.0 Å². The minimum atomic E-state index is -3.50. The van der Waals surface area contributed by atoms with Crippen molar-refractivity contribution in [2.75, 3.05) is 31.1 Å². The van der Waals surface area contributed by atoms with Gasteiger partial charge in [0.25, 0.3) is 0 Å². The van der Waals surface area contributed by atoms with Crippen molar-refractivity contribution in [1.29, 1.82) is 0 Å². The number of hydrogen-bond donors (Lipinski definition) is 0. The molecule has 2 aromatic carbocycles. The Balaban J connectivity index is 1.67. The number of benzene rings is 2. The molecular formula is C20H25FN2O2S. The predicted octanol–water partition coefficient (Wildman–Crippen LogP) is 3.68.